The van der Waals surface area contributed by atoms with Crippen molar-refractivity contribution in [3.05, 3.63) is 53.6 Å². The summed E-state index contributed by atoms with van der Waals surface area (Å²) in [7, 11) is 1.46. The zero-order chi connectivity index (χ0) is 22.3. The van der Waals surface area contributed by atoms with Crippen molar-refractivity contribution in [3.8, 4) is 5.75 Å². The molecular formula is C22H24N2O6. The number of anilines is 2. The summed E-state index contributed by atoms with van der Waals surface area (Å²) in [5, 5.41) is 5.27. The number of esters is 1. The summed E-state index contributed by atoms with van der Waals surface area (Å²) in [6, 6.07) is 11.3. The van der Waals surface area contributed by atoms with Gasteiger partial charge >= 0.3 is 5.97 Å². The van der Waals surface area contributed by atoms with Gasteiger partial charge in [-0.1, -0.05) is 0 Å². The second kappa shape index (κ2) is 10.2. The van der Waals surface area contributed by atoms with Crippen LogP contribution in [0.4, 0.5) is 11.4 Å². The fourth-order valence-electron chi connectivity index (χ4n) is 2.67. The summed E-state index contributed by atoms with van der Waals surface area (Å²) >= 11 is 0. The van der Waals surface area contributed by atoms with Crippen LogP contribution in [0.3, 0.4) is 0 Å². The largest absolute Gasteiger partial charge is 0.496 e. The Hall–Kier alpha value is -3.68. The molecule has 8 nitrogen and oxygen atoms in total. The lowest BCUT2D eigenvalue weighted by molar-refractivity contribution is -0.152. The van der Waals surface area contributed by atoms with E-state index in [1.165, 1.54) is 27.9 Å². The Morgan fingerprint density at radius 2 is 1.53 bits per heavy atom. The first kappa shape index (κ1) is 22.6. The van der Waals surface area contributed by atoms with Crippen molar-refractivity contribution in [3.63, 3.8) is 0 Å². The lowest BCUT2D eigenvalue weighted by Crippen LogP contribution is -2.30. The highest BCUT2D eigenvalue weighted by molar-refractivity contribution is 5.96. The number of hydrogen-bond donors (Lipinski definition) is 2. The number of hydrogen-bond acceptors (Lipinski definition) is 6. The fraction of sp³-hybridized carbons (Fsp3) is 0.273. The maximum Gasteiger partial charge on any atom is 0.311 e. The lowest BCUT2D eigenvalue weighted by Gasteiger charge is -2.15. The normalized spacial score (nSPS) is 11.2. The molecular weight excluding hydrogens is 388 g/mol. The van der Waals surface area contributed by atoms with Crippen LogP contribution in [0.15, 0.2) is 42.5 Å². The van der Waals surface area contributed by atoms with E-state index >= 15 is 0 Å². The minimum atomic E-state index is -1.03. The Labute approximate surface area is 174 Å². The molecule has 0 saturated heterocycles. The number of carbonyl (C=O) groups is 4. The number of Topliss-reactive ketones (excluding diaryl/α,β-unsaturated/α-hetero) is 1. The van der Waals surface area contributed by atoms with Crippen molar-refractivity contribution < 1.29 is 28.7 Å². The number of carbonyl (C=O) groups excluding carboxylic acids is 4. The number of amides is 2. The number of ketones is 1. The van der Waals surface area contributed by atoms with Crippen LogP contribution in [0.5, 0.6) is 5.75 Å². The van der Waals surface area contributed by atoms with Crippen molar-refractivity contribution in [2.75, 3.05) is 17.7 Å². The second-order valence-electron chi connectivity index (χ2n) is 6.64. The van der Waals surface area contributed by atoms with Gasteiger partial charge in [-0.3, -0.25) is 19.2 Å². The van der Waals surface area contributed by atoms with E-state index in [1.807, 2.05) is 0 Å². The van der Waals surface area contributed by atoms with Crippen LogP contribution < -0.4 is 15.4 Å². The summed E-state index contributed by atoms with van der Waals surface area (Å²) in [6.07, 6.45) is -1.18. The Morgan fingerprint density at radius 3 is 2.07 bits per heavy atom. The predicted octanol–water partition coefficient (Wildman–Crippen LogP) is 2.97. The molecule has 158 valence electrons. The van der Waals surface area contributed by atoms with Crippen molar-refractivity contribution in [1.82, 2.24) is 0 Å². The number of rotatable bonds is 8. The van der Waals surface area contributed by atoms with Crippen LogP contribution in [0, 0.1) is 0 Å². The van der Waals surface area contributed by atoms with Gasteiger partial charge in [0.25, 0.3) is 5.91 Å². The van der Waals surface area contributed by atoms with E-state index in [0.29, 0.717) is 28.3 Å². The molecule has 2 rings (SSSR count). The third kappa shape index (κ3) is 6.44. The van der Waals surface area contributed by atoms with Gasteiger partial charge < -0.3 is 20.1 Å². The van der Waals surface area contributed by atoms with E-state index in [1.54, 1.807) is 42.5 Å². The number of ether oxygens (including phenoxy) is 2. The molecule has 0 bridgehead atoms. The van der Waals surface area contributed by atoms with Gasteiger partial charge in [-0.05, 0) is 56.3 Å². The van der Waals surface area contributed by atoms with Crippen molar-refractivity contribution in [2.24, 2.45) is 0 Å². The highest BCUT2D eigenvalue weighted by atomic mass is 16.5. The first-order valence-corrected chi connectivity index (χ1v) is 9.25. The van der Waals surface area contributed by atoms with Gasteiger partial charge in [0.1, 0.15) is 5.75 Å². The van der Waals surface area contributed by atoms with Gasteiger partial charge in [-0.25, -0.2) is 0 Å². The van der Waals surface area contributed by atoms with E-state index in [0.717, 1.165) is 0 Å². The Bertz CT molecular complexity index is 953. The molecule has 0 heterocycles. The topological polar surface area (TPSA) is 111 Å². The van der Waals surface area contributed by atoms with Crippen LogP contribution in [0.1, 0.15) is 36.7 Å². The Morgan fingerprint density at radius 1 is 0.933 bits per heavy atom. The summed E-state index contributed by atoms with van der Waals surface area (Å²) < 4.78 is 10.4. The summed E-state index contributed by atoms with van der Waals surface area (Å²) in [5.41, 5.74) is 2.04. The quantitative estimate of drug-likeness (QED) is 0.509. The molecule has 0 unspecified atom stereocenters. The molecule has 0 radical (unpaired) electrons. The molecule has 1 atom stereocenters. The van der Waals surface area contributed by atoms with Crippen molar-refractivity contribution in [1.29, 1.82) is 0 Å². The molecule has 2 amide bonds. The third-order valence-corrected chi connectivity index (χ3v) is 4.17. The number of nitrogens with one attached hydrogen (secondary N) is 2. The van der Waals surface area contributed by atoms with Gasteiger partial charge in [-0.15, -0.1) is 0 Å². The lowest BCUT2D eigenvalue weighted by atomic mass is 10.0. The predicted molar refractivity (Wildman–Crippen MR) is 112 cm³/mol. The molecule has 0 saturated carbocycles. The molecule has 0 aliphatic heterocycles. The maximum atomic E-state index is 12.3. The number of methoxy groups -OCH3 is 1. The van der Waals surface area contributed by atoms with Crippen LogP contribution >= 0.6 is 0 Å². The van der Waals surface area contributed by atoms with Crippen LogP contribution in [0.25, 0.3) is 0 Å². The molecule has 0 aromatic heterocycles. The van der Waals surface area contributed by atoms with E-state index < -0.39 is 18.0 Å². The van der Waals surface area contributed by atoms with Gasteiger partial charge in [0, 0.05) is 29.4 Å². The van der Waals surface area contributed by atoms with Gasteiger partial charge in [0.2, 0.25) is 5.91 Å². The van der Waals surface area contributed by atoms with Crippen LogP contribution in [-0.2, 0) is 25.5 Å². The van der Waals surface area contributed by atoms with Crippen molar-refractivity contribution >= 4 is 34.9 Å². The van der Waals surface area contributed by atoms with E-state index in [2.05, 4.69) is 10.6 Å². The Kier molecular flexibility index (Phi) is 7.69. The van der Waals surface area contributed by atoms with E-state index in [-0.39, 0.29) is 18.1 Å². The standard InChI is InChI=1S/C22H24N2O6/c1-13(25)16-5-10-20(29-4)17(11-16)12-21(27)30-14(2)22(28)24-19-8-6-18(7-9-19)23-15(3)26/h5-11,14H,12H2,1-4H3,(H,23,26)(H,24,28)/t14-/m1/s1. The molecule has 0 aliphatic carbocycles. The minimum absolute atomic E-state index is 0.135. The highest BCUT2D eigenvalue weighted by Gasteiger charge is 2.20. The SMILES string of the molecule is COc1ccc(C(C)=O)cc1CC(=O)O[C@H](C)C(=O)Nc1ccc(NC(C)=O)cc1. The first-order chi connectivity index (χ1) is 14.2. The monoisotopic (exact) mass is 412 g/mol. The second-order valence-corrected chi connectivity index (χ2v) is 6.64. The third-order valence-electron chi connectivity index (χ3n) is 4.17. The Balaban J connectivity index is 1.96. The van der Waals surface area contributed by atoms with Crippen LogP contribution in [-0.4, -0.2) is 36.8 Å². The van der Waals surface area contributed by atoms with Gasteiger partial charge in [0.05, 0.1) is 13.5 Å². The van der Waals surface area contributed by atoms with Crippen LogP contribution in [0.2, 0.25) is 0 Å². The average molecular weight is 412 g/mol. The highest BCUT2D eigenvalue weighted by Crippen LogP contribution is 2.21. The van der Waals surface area contributed by atoms with Gasteiger partial charge in [-0.2, -0.15) is 0 Å². The fourth-order valence-corrected chi connectivity index (χ4v) is 2.67. The summed E-state index contributed by atoms with van der Waals surface area (Å²) in [6.45, 7) is 4.29. The summed E-state index contributed by atoms with van der Waals surface area (Å²) in [4.78, 5) is 47.2. The van der Waals surface area contributed by atoms with E-state index in [9.17, 15) is 19.2 Å². The van der Waals surface area contributed by atoms with E-state index in [4.69, 9.17) is 9.47 Å². The first-order valence-electron chi connectivity index (χ1n) is 9.25. The minimum Gasteiger partial charge on any atom is -0.496 e. The molecule has 2 aromatic rings. The molecule has 8 heteroatoms. The number of benzene rings is 2. The van der Waals surface area contributed by atoms with Crippen molar-refractivity contribution in [2.45, 2.75) is 33.3 Å². The average Bonchev–Trinajstić information content (AvgIpc) is 2.68. The molecule has 2 aromatic carbocycles. The summed E-state index contributed by atoms with van der Waals surface area (Å²) in [5.74, 6) is -1.01. The molecule has 0 aliphatic rings. The smallest absolute Gasteiger partial charge is 0.311 e. The maximum absolute atomic E-state index is 12.3. The zero-order valence-electron chi connectivity index (χ0n) is 17.3. The molecule has 0 fully saturated rings. The molecule has 2 N–H and O–H groups in total. The molecule has 30 heavy (non-hydrogen) atoms. The molecule has 0 spiro atoms. The van der Waals surface area contributed by atoms with Gasteiger partial charge in [0.15, 0.2) is 11.9 Å². The zero-order valence-corrected chi connectivity index (χ0v) is 17.3.